The van der Waals surface area contributed by atoms with Gasteiger partial charge in [-0.05, 0) is 41.8 Å². The Morgan fingerprint density at radius 3 is 2.38 bits per heavy atom. The van der Waals surface area contributed by atoms with E-state index in [0.29, 0.717) is 35.7 Å². The molecular weight excluding hydrogens is 569 g/mol. The fourth-order valence-electron chi connectivity index (χ4n) is 3.51. The monoisotopic (exact) mass is 590 g/mol. The molecule has 210 valence electrons. The summed E-state index contributed by atoms with van der Waals surface area (Å²) in [5, 5.41) is 26.7. The van der Waals surface area contributed by atoms with Crippen molar-refractivity contribution in [3.8, 4) is 17.2 Å². The molecule has 0 saturated carbocycles. The molecule has 0 aliphatic rings. The van der Waals surface area contributed by atoms with E-state index < -0.39 is 51.8 Å². The Hall–Kier alpha value is -3.72. The molecule has 11 nitrogen and oxygen atoms in total. The van der Waals surface area contributed by atoms with Gasteiger partial charge < -0.3 is 14.6 Å². The van der Waals surface area contributed by atoms with E-state index >= 15 is 0 Å². The normalized spacial score (nSPS) is 11.9. The molecular formula is C23H22ClF3N4O7S. The van der Waals surface area contributed by atoms with Gasteiger partial charge in [-0.1, -0.05) is 32.4 Å². The number of alkyl halides is 3. The second-order valence-electron chi connectivity index (χ2n) is 8.98. The van der Waals surface area contributed by atoms with Gasteiger partial charge in [0.15, 0.2) is 6.61 Å². The average molecular weight is 591 g/mol. The van der Waals surface area contributed by atoms with E-state index in [4.69, 9.17) is 26.2 Å². The largest absolute Gasteiger partial charge is 0.492 e. The smallest absolute Gasteiger partial charge is 0.420 e. The SMILES string of the molecule is CCOc1cc(C(C)(C)C)c(-n2c(Sc3cc(OCC(=O)O)c(C(F)(F)F)cc3[N+](=O)[O-])n[nH]c2=O)cc1Cl. The topological polar surface area (TPSA) is 150 Å². The number of nitrogens with one attached hydrogen (secondary N) is 1. The molecule has 1 heterocycles. The number of rotatable bonds is 9. The van der Waals surface area contributed by atoms with Crippen molar-refractivity contribution in [3.05, 3.63) is 61.0 Å². The predicted molar refractivity (Wildman–Crippen MR) is 134 cm³/mol. The third-order valence-corrected chi connectivity index (χ3v) is 6.45. The van der Waals surface area contributed by atoms with Crippen LogP contribution in [0.3, 0.4) is 0 Å². The number of aliphatic carboxylic acids is 1. The Morgan fingerprint density at radius 1 is 1.18 bits per heavy atom. The number of nitro benzene ring substituents is 1. The molecule has 0 atom stereocenters. The number of nitrogens with zero attached hydrogens (tertiary/aromatic N) is 3. The standard InChI is InChI=1S/C23H22ClF3N4O7S/c1-5-37-17-7-11(22(2,3)4)14(8-13(17)24)30-20(34)28-29-21(30)39-18-9-16(38-10-19(32)33)12(23(25,26)27)6-15(18)31(35)36/h6-9H,5,10H2,1-4H3,(H,28,34)(H,32,33). The van der Waals surface area contributed by atoms with Gasteiger partial charge in [-0.2, -0.15) is 13.2 Å². The van der Waals surface area contributed by atoms with Crippen LogP contribution < -0.4 is 15.2 Å². The number of halogens is 4. The van der Waals surface area contributed by atoms with Crippen molar-refractivity contribution in [1.29, 1.82) is 0 Å². The van der Waals surface area contributed by atoms with Crippen LogP contribution in [0.4, 0.5) is 18.9 Å². The zero-order valence-electron chi connectivity index (χ0n) is 20.9. The molecule has 0 bridgehead atoms. The zero-order valence-corrected chi connectivity index (χ0v) is 22.5. The van der Waals surface area contributed by atoms with Crippen molar-refractivity contribution in [2.75, 3.05) is 13.2 Å². The molecule has 16 heteroatoms. The van der Waals surface area contributed by atoms with Crippen molar-refractivity contribution in [2.45, 2.75) is 49.3 Å². The molecule has 3 aromatic rings. The Bertz CT molecular complexity index is 1480. The van der Waals surface area contributed by atoms with Gasteiger partial charge in [-0.3, -0.25) is 10.1 Å². The molecule has 2 aromatic carbocycles. The van der Waals surface area contributed by atoms with Gasteiger partial charge in [0.1, 0.15) is 17.1 Å². The number of ether oxygens (including phenoxy) is 2. The fourth-order valence-corrected chi connectivity index (χ4v) is 4.69. The van der Waals surface area contributed by atoms with Crippen molar-refractivity contribution >= 4 is 35.0 Å². The van der Waals surface area contributed by atoms with Crippen molar-refractivity contribution in [1.82, 2.24) is 14.8 Å². The van der Waals surface area contributed by atoms with Crippen molar-refractivity contribution < 1.29 is 37.5 Å². The molecule has 0 spiro atoms. The Kier molecular flexibility index (Phi) is 8.55. The number of carbonyl (C=O) groups is 1. The van der Waals surface area contributed by atoms with Crippen LogP contribution in [-0.2, 0) is 16.4 Å². The highest BCUT2D eigenvalue weighted by molar-refractivity contribution is 7.99. The highest BCUT2D eigenvalue weighted by atomic mass is 35.5. The van der Waals surface area contributed by atoms with E-state index in [2.05, 4.69) is 10.2 Å². The van der Waals surface area contributed by atoms with Crippen LogP contribution in [0.15, 0.2) is 39.1 Å². The summed E-state index contributed by atoms with van der Waals surface area (Å²) in [5.41, 5.74) is -2.96. The van der Waals surface area contributed by atoms with E-state index in [1.807, 2.05) is 20.8 Å². The highest BCUT2D eigenvalue weighted by Crippen LogP contribution is 2.45. The highest BCUT2D eigenvalue weighted by Gasteiger charge is 2.38. The van der Waals surface area contributed by atoms with Gasteiger partial charge in [0, 0.05) is 12.1 Å². The lowest BCUT2D eigenvalue weighted by molar-refractivity contribution is -0.388. The number of hydrogen-bond acceptors (Lipinski definition) is 8. The van der Waals surface area contributed by atoms with E-state index in [1.54, 1.807) is 13.0 Å². The third kappa shape index (κ3) is 6.65. The minimum absolute atomic E-state index is 0.161. The van der Waals surface area contributed by atoms with Crippen LogP contribution in [0.1, 0.15) is 38.8 Å². The molecule has 0 unspecified atom stereocenters. The number of H-pyrrole nitrogens is 1. The lowest BCUT2D eigenvalue weighted by Gasteiger charge is -2.25. The summed E-state index contributed by atoms with van der Waals surface area (Å²) >= 11 is 6.88. The molecule has 39 heavy (non-hydrogen) atoms. The number of benzene rings is 2. The van der Waals surface area contributed by atoms with Crippen LogP contribution in [-0.4, -0.2) is 44.0 Å². The van der Waals surface area contributed by atoms with Gasteiger partial charge in [0.2, 0.25) is 5.16 Å². The average Bonchev–Trinajstić information content (AvgIpc) is 3.16. The van der Waals surface area contributed by atoms with Gasteiger partial charge in [0.05, 0.1) is 27.1 Å². The van der Waals surface area contributed by atoms with E-state index in [9.17, 15) is 32.9 Å². The first-order chi connectivity index (χ1) is 18.0. The first kappa shape index (κ1) is 29.8. The van der Waals surface area contributed by atoms with Crippen LogP contribution in [0.5, 0.6) is 11.5 Å². The maximum absolute atomic E-state index is 13.6. The van der Waals surface area contributed by atoms with E-state index in [0.717, 1.165) is 4.57 Å². The third-order valence-electron chi connectivity index (χ3n) is 5.16. The van der Waals surface area contributed by atoms with Gasteiger partial charge in [0.25, 0.3) is 5.69 Å². The predicted octanol–water partition coefficient (Wildman–Crippen LogP) is 5.45. The minimum Gasteiger partial charge on any atom is -0.492 e. The summed E-state index contributed by atoms with van der Waals surface area (Å²) in [7, 11) is 0. The Morgan fingerprint density at radius 2 is 1.85 bits per heavy atom. The Balaban J connectivity index is 2.24. The second kappa shape index (κ2) is 11.2. The quantitative estimate of drug-likeness (QED) is 0.245. The maximum Gasteiger partial charge on any atom is 0.420 e. The van der Waals surface area contributed by atoms with Gasteiger partial charge in [-0.25, -0.2) is 19.3 Å². The summed E-state index contributed by atoms with van der Waals surface area (Å²) in [6, 6.07) is 4.03. The summed E-state index contributed by atoms with van der Waals surface area (Å²) < 4.78 is 52.2. The van der Waals surface area contributed by atoms with Gasteiger partial charge in [-0.15, -0.1) is 5.10 Å². The summed E-state index contributed by atoms with van der Waals surface area (Å²) in [6.07, 6.45) is -5.09. The zero-order chi connectivity index (χ0) is 29.3. The number of aromatic nitrogens is 3. The van der Waals surface area contributed by atoms with Crippen LogP contribution in [0, 0.1) is 10.1 Å². The molecule has 0 saturated heterocycles. The van der Waals surface area contributed by atoms with Crippen LogP contribution in [0.2, 0.25) is 5.02 Å². The van der Waals surface area contributed by atoms with Crippen molar-refractivity contribution in [3.63, 3.8) is 0 Å². The molecule has 0 radical (unpaired) electrons. The number of hydrogen-bond donors (Lipinski definition) is 2. The number of nitro groups is 1. The molecule has 0 aliphatic heterocycles. The van der Waals surface area contributed by atoms with Crippen LogP contribution >= 0.6 is 23.4 Å². The van der Waals surface area contributed by atoms with Gasteiger partial charge >= 0.3 is 17.8 Å². The molecule has 0 fully saturated rings. The molecule has 3 rings (SSSR count). The number of aromatic amines is 1. The number of carboxylic acid groups (broad SMARTS) is 1. The van der Waals surface area contributed by atoms with E-state index in [1.165, 1.54) is 6.07 Å². The summed E-state index contributed by atoms with van der Waals surface area (Å²) in [5.74, 6) is -2.14. The van der Waals surface area contributed by atoms with Crippen LogP contribution in [0.25, 0.3) is 5.69 Å². The fraction of sp³-hybridized carbons (Fsp3) is 0.348. The second-order valence-corrected chi connectivity index (χ2v) is 10.4. The van der Waals surface area contributed by atoms with Crippen molar-refractivity contribution in [2.24, 2.45) is 0 Å². The minimum atomic E-state index is -5.09. The first-order valence-electron chi connectivity index (χ1n) is 11.1. The lowest BCUT2D eigenvalue weighted by atomic mass is 9.85. The Labute approximate surface area is 228 Å². The summed E-state index contributed by atoms with van der Waals surface area (Å²) in [4.78, 5) is 34.1. The number of carboxylic acids is 1. The molecule has 2 N–H and O–H groups in total. The molecule has 1 aromatic heterocycles. The molecule has 0 aliphatic carbocycles. The summed E-state index contributed by atoms with van der Waals surface area (Å²) in [6.45, 7) is 6.54. The molecule has 0 amide bonds. The van der Waals surface area contributed by atoms with E-state index in [-0.39, 0.29) is 26.8 Å². The lowest BCUT2D eigenvalue weighted by Crippen LogP contribution is -2.22. The first-order valence-corrected chi connectivity index (χ1v) is 12.3. The maximum atomic E-state index is 13.6.